The first kappa shape index (κ1) is 19.2. The van der Waals surface area contributed by atoms with Gasteiger partial charge in [-0.05, 0) is 29.8 Å². The zero-order chi connectivity index (χ0) is 20.1. The molecule has 0 aliphatic rings. The third-order valence-corrected chi connectivity index (χ3v) is 4.19. The molecular formula is C18H14BrN5O4. The van der Waals surface area contributed by atoms with Crippen molar-refractivity contribution in [3.63, 3.8) is 0 Å². The number of aromatic nitrogens is 2. The number of aromatic hydroxyl groups is 1. The van der Waals surface area contributed by atoms with Gasteiger partial charge in [0.25, 0.3) is 11.6 Å². The van der Waals surface area contributed by atoms with Gasteiger partial charge in [0, 0.05) is 28.4 Å². The quantitative estimate of drug-likeness (QED) is 0.344. The number of hydrogen-bond acceptors (Lipinski definition) is 6. The number of non-ortho nitro benzene ring substituents is 1. The van der Waals surface area contributed by atoms with Crippen LogP contribution in [0, 0.1) is 10.1 Å². The number of carbonyl (C=O) groups excluding carboxylic acids is 1. The Hall–Kier alpha value is -3.53. The molecule has 0 radical (unpaired) electrons. The van der Waals surface area contributed by atoms with Crippen LogP contribution in [0.1, 0.15) is 21.6 Å². The second kappa shape index (κ2) is 8.44. The number of halogens is 1. The van der Waals surface area contributed by atoms with Gasteiger partial charge in [-0.25, -0.2) is 5.43 Å². The van der Waals surface area contributed by atoms with Crippen LogP contribution >= 0.6 is 15.9 Å². The van der Waals surface area contributed by atoms with Crippen LogP contribution in [0.15, 0.2) is 64.3 Å². The van der Waals surface area contributed by atoms with E-state index in [1.807, 2.05) is 24.3 Å². The normalized spacial score (nSPS) is 10.9. The van der Waals surface area contributed by atoms with E-state index in [1.165, 1.54) is 12.1 Å². The average molecular weight is 444 g/mol. The van der Waals surface area contributed by atoms with E-state index >= 15 is 0 Å². The molecule has 0 unspecified atom stereocenters. The van der Waals surface area contributed by atoms with Crippen molar-refractivity contribution in [2.45, 2.75) is 6.54 Å². The summed E-state index contributed by atoms with van der Waals surface area (Å²) in [7, 11) is 0. The van der Waals surface area contributed by atoms with Gasteiger partial charge in [-0.1, -0.05) is 28.1 Å². The van der Waals surface area contributed by atoms with Crippen LogP contribution in [-0.2, 0) is 6.54 Å². The zero-order valence-corrected chi connectivity index (χ0v) is 15.9. The Morgan fingerprint density at radius 2 is 2.14 bits per heavy atom. The summed E-state index contributed by atoms with van der Waals surface area (Å²) < 4.78 is 2.57. The summed E-state index contributed by atoms with van der Waals surface area (Å²) >= 11 is 3.40. The summed E-state index contributed by atoms with van der Waals surface area (Å²) in [4.78, 5) is 22.3. The van der Waals surface area contributed by atoms with Crippen LogP contribution in [0.5, 0.6) is 5.75 Å². The van der Waals surface area contributed by atoms with E-state index in [1.54, 1.807) is 16.9 Å². The molecule has 1 aromatic heterocycles. The Morgan fingerprint density at radius 1 is 1.32 bits per heavy atom. The van der Waals surface area contributed by atoms with E-state index in [2.05, 4.69) is 31.6 Å². The Labute approximate surface area is 167 Å². The van der Waals surface area contributed by atoms with Crippen molar-refractivity contribution in [1.82, 2.24) is 15.2 Å². The van der Waals surface area contributed by atoms with Gasteiger partial charge in [0.15, 0.2) is 5.69 Å². The number of rotatable bonds is 6. The van der Waals surface area contributed by atoms with Gasteiger partial charge < -0.3 is 5.11 Å². The van der Waals surface area contributed by atoms with E-state index in [-0.39, 0.29) is 22.7 Å². The molecule has 9 nitrogen and oxygen atoms in total. The molecule has 0 aliphatic carbocycles. The van der Waals surface area contributed by atoms with Crippen LogP contribution in [0.25, 0.3) is 0 Å². The molecular weight excluding hydrogens is 430 g/mol. The molecule has 10 heteroatoms. The van der Waals surface area contributed by atoms with Crippen LogP contribution in [0.2, 0.25) is 0 Å². The van der Waals surface area contributed by atoms with Gasteiger partial charge >= 0.3 is 0 Å². The summed E-state index contributed by atoms with van der Waals surface area (Å²) in [5.41, 5.74) is 3.36. The maximum atomic E-state index is 12.1. The molecule has 0 saturated heterocycles. The predicted octanol–water partition coefficient (Wildman–Crippen LogP) is 3.07. The fourth-order valence-electron chi connectivity index (χ4n) is 2.37. The molecule has 142 valence electrons. The van der Waals surface area contributed by atoms with Gasteiger partial charge in [-0.2, -0.15) is 10.2 Å². The minimum Gasteiger partial charge on any atom is -0.507 e. The average Bonchev–Trinajstić information content (AvgIpc) is 3.11. The van der Waals surface area contributed by atoms with Crippen molar-refractivity contribution < 1.29 is 14.8 Å². The Morgan fingerprint density at radius 3 is 2.89 bits per heavy atom. The highest BCUT2D eigenvalue weighted by Gasteiger charge is 2.11. The molecule has 0 spiro atoms. The molecule has 3 rings (SSSR count). The number of hydrogen-bond donors (Lipinski definition) is 2. The monoisotopic (exact) mass is 443 g/mol. The van der Waals surface area contributed by atoms with Crippen LogP contribution < -0.4 is 5.43 Å². The maximum Gasteiger partial charge on any atom is 0.291 e. The van der Waals surface area contributed by atoms with Gasteiger partial charge in [-0.3, -0.25) is 19.6 Å². The summed E-state index contributed by atoms with van der Waals surface area (Å²) in [6.07, 6.45) is 2.80. The van der Waals surface area contributed by atoms with E-state index in [9.17, 15) is 20.0 Å². The summed E-state index contributed by atoms with van der Waals surface area (Å²) in [5, 5.41) is 28.4. The number of hydrazone groups is 1. The molecule has 28 heavy (non-hydrogen) atoms. The lowest BCUT2D eigenvalue weighted by atomic mass is 10.2. The first-order chi connectivity index (χ1) is 13.4. The van der Waals surface area contributed by atoms with Crippen molar-refractivity contribution in [2.24, 2.45) is 5.10 Å². The number of nitrogens with one attached hydrogen (secondary N) is 1. The first-order valence-corrected chi connectivity index (χ1v) is 8.80. The molecule has 0 bridgehead atoms. The highest BCUT2D eigenvalue weighted by molar-refractivity contribution is 9.10. The number of benzene rings is 2. The van der Waals surface area contributed by atoms with Gasteiger partial charge in [0.05, 0.1) is 17.7 Å². The first-order valence-electron chi connectivity index (χ1n) is 8.01. The molecule has 0 saturated carbocycles. The van der Waals surface area contributed by atoms with Crippen LogP contribution in [-0.4, -0.2) is 31.9 Å². The molecule has 1 heterocycles. The number of nitro benzene ring substituents is 1. The highest BCUT2D eigenvalue weighted by Crippen LogP contribution is 2.21. The maximum absolute atomic E-state index is 12.1. The predicted molar refractivity (Wildman–Crippen MR) is 105 cm³/mol. The van der Waals surface area contributed by atoms with Crippen LogP contribution in [0.3, 0.4) is 0 Å². The minimum atomic E-state index is -0.590. The number of nitrogens with zero attached hydrogens (tertiary/aromatic N) is 4. The van der Waals surface area contributed by atoms with Crippen molar-refractivity contribution >= 4 is 33.7 Å². The Balaban J connectivity index is 1.64. The lowest BCUT2D eigenvalue weighted by Crippen LogP contribution is -2.18. The molecule has 3 aromatic rings. The van der Waals surface area contributed by atoms with Crippen molar-refractivity contribution in [3.05, 3.63) is 86.1 Å². The molecule has 0 atom stereocenters. The van der Waals surface area contributed by atoms with Crippen molar-refractivity contribution in [2.75, 3.05) is 0 Å². The van der Waals surface area contributed by atoms with E-state index in [4.69, 9.17) is 0 Å². The smallest absolute Gasteiger partial charge is 0.291 e. The number of carbonyl (C=O) groups is 1. The molecule has 0 aliphatic heterocycles. The summed E-state index contributed by atoms with van der Waals surface area (Å²) in [6.45, 7) is 0.498. The Kier molecular flexibility index (Phi) is 5.80. The number of amides is 1. The van der Waals surface area contributed by atoms with Crippen molar-refractivity contribution in [1.29, 1.82) is 0 Å². The largest absolute Gasteiger partial charge is 0.507 e. The SMILES string of the molecule is O=C(NN=Cc1cc([N+](=O)[O-])ccc1O)c1ccn(Cc2cccc(Br)c2)n1. The highest BCUT2D eigenvalue weighted by atomic mass is 79.9. The van der Waals surface area contributed by atoms with Gasteiger partial charge in [-0.15, -0.1) is 0 Å². The lowest BCUT2D eigenvalue weighted by Gasteiger charge is -2.02. The second-order valence-corrected chi connectivity index (χ2v) is 6.64. The molecule has 1 amide bonds. The number of phenolic OH excluding ortho intramolecular Hbond substituents is 1. The Bertz CT molecular complexity index is 1060. The lowest BCUT2D eigenvalue weighted by molar-refractivity contribution is -0.384. The van der Waals surface area contributed by atoms with E-state index in [0.29, 0.717) is 6.54 Å². The zero-order valence-electron chi connectivity index (χ0n) is 14.3. The minimum absolute atomic E-state index is 0.106. The third kappa shape index (κ3) is 4.80. The van der Waals surface area contributed by atoms with Gasteiger partial charge in [0.1, 0.15) is 5.75 Å². The summed E-state index contributed by atoms with van der Waals surface area (Å²) in [5.74, 6) is -0.740. The second-order valence-electron chi connectivity index (χ2n) is 5.73. The number of nitro groups is 1. The van der Waals surface area contributed by atoms with Gasteiger partial charge in [0.2, 0.25) is 0 Å². The third-order valence-electron chi connectivity index (χ3n) is 3.70. The standard InChI is InChI=1S/C18H14BrN5O4/c19-14-3-1-2-12(8-14)11-23-7-6-16(22-23)18(26)21-20-10-13-9-15(24(27)28)4-5-17(13)25/h1-10,25H,11H2,(H,21,26). The number of phenols is 1. The molecule has 2 N–H and O–H groups in total. The molecule has 2 aromatic carbocycles. The molecule has 0 fully saturated rings. The van der Waals surface area contributed by atoms with Crippen molar-refractivity contribution in [3.8, 4) is 5.75 Å². The topological polar surface area (TPSA) is 123 Å². The fourth-order valence-corrected chi connectivity index (χ4v) is 2.82. The van der Waals surface area contributed by atoms with E-state index in [0.717, 1.165) is 22.3 Å². The fraction of sp³-hybridized carbons (Fsp3) is 0.0556. The summed E-state index contributed by atoms with van der Waals surface area (Å²) in [6, 6.07) is 12.8. The van der Waals surface area contributed by atoms with E-state index < -0.39 is 10.8 Å². The van der Waals surface area contributed by atoms with Crippen LogP contribution in [0.4, 0.5) is 5.69 Å².